The second kappa shape index (κ2) is 9.87. The Morgan fingerprint density at radius 3 is 2.44 bits per heavy atom. The largest absolute Gasteiger partial charge is 0.493 e. The molecule has 0 unspecified atom stereocenters. The van der Waals surface area contributed by atoms with Crippen LogP contribution in [0.3, 0.4) is 0 Å². The zero-order chi connectivity index (χ0) is 18.1. The predicted molar refractivity (Wildman–Crippen MR) is 101 cm³/mol. The molecular formula is C21H27NO3. The van der Waals surface area contributed by atoms with Gasteiger partial charge in [0.25, 0.3) is 0 Å². The number of nitrogens with one attached hydrogen (secondary N) is 1. The monoisotopic (exact) mass is 341 g/mol. The van der Waals surface area contributed by atoms with Crippen molar-refractivity contribution in [2.45, 2.75) is 26.6 Å². The second-order valence-corrected chi connectivity index (χ2v) is 6.04. The lowest BCUT2D eigenvalue weighted by Crippen LogP contribution is -2.14. The molecule has 1 N–H and O–H groups in total. The fourth-order valence-electron chi connectivity index (χ4n) is 2.51. The first-order valence-corrected chi connectivity index (χ1v) is 8.34. The summed E-state index contributed by atoms with van der Waals surface area (Å²) in [6.07, 6.45) is 0. The van der Waals surface area contributed by atoms with Crippen LogP contribution in [0.15, 0.2) is 54.6 Å². The predicted octanol–water partition coefficient (Wildman–Crippen LogP) is 4.09. The van der Waals surface area contributed by atoms with Crippen LogP contribution in [0.4, 0.5) is 0 Å². The van der Waals surface area contributed by atoms with Crippen LogP contribution >= 0.6 is 0 Å². The number of hydrogen-bond acceptors (Lipinski definition) is 4. The number of hydrogen-bond donors (Lipinski definition) is 1. The Balaban J connectivity index is 1.98. The smallest absolute Gasteiger partial charge is 0.161 e. The highest BCUT2D eigenvalue weighted by atomic mass is 16.5. The van der Waals surface area contributed by atoms with E-state index >= 15 is 0 Å². The Hall–Kier alpha value is -2.30. The third-order valence-corrected chi connectivity index (χ3v) is 3.76. The van der Waals surface area contributed by atoms with Crippen molar-refractivity contribution in [2.24, 2.45) is 0 Å². The molecule has 0 atom stereocenters. The lowest BCUT2D eigenvalue weighted by molar-refractivity contribution is 0.184. The molecular weight excluding hydrogens is 314 g/mol. The van der Waals surface area contributed by atoms with Gasteiger partial charge in [-0.15, -0.1) is 0 Å². The maximum atomic E-state index is 5.78. The number of benzene rings is 2. The molecule has 0 aliphatic rings. The summed E-state index contributed by atoms with van der Waals surface area (Å²) in [5, 5.41) is 3.48. The molecule has 0 saturated carbocycles. The average Bonchev–Trinajstić information content (AvgIpc) is 2.61. The van der Waals surface area contributed by atoms with Crippen molar-refractivity contribution in [1.29, 1.82) is 0 Å². The Morgan fingerprint density at radius 1 is 1.00 bits per heavy atom. The minimum atomic E-state index is 0.484. The number of methoxy groups -OCH3 is 2. The van der Waals surface area contributed by atoms with Gasteiger partial charge in [-0.05, 0) is 41.3 Å². The van der Waals surface area contributed by atoms with Gasteiger partial charge >= 0.3 is 0 Å². The van der Waals surface area contributed by atoms with E-state index in [1.54, 1.807) is 14.2 Å². The normalized spacial score (nSPS) is 10.5. The molecule has 25 heavy (non-hydrogen) atoms. The highest BCUT2D eigenvalue weighted by Gasteiger charge is 2.07. The van der Waals surface area contributed by atoms with E-state index in [0.29, 0.717) is 13.2 Å². The highest BCUT2D eigenvalue weighted by molar-refractivity contribution is 5.43. The first-order chi connectivity index (χ1) is 12.1. The van der Waals surface area contributed by atoms with Crippen LogP contribution in [0.1, 0.15) is 23.6 Å². The van der Waals surface area contributed by atoms with Crippen molar-refractivity contribution in [1.82, 2.24) is 5.32 Å². The number of rotatable bonds is 10. The molecule has 134 valence electrons. The summed E-state index contributed by atoms with van der Waals surface area (Å²) < 4.78 is 16.4. The van der Waals surface area contributed by atoms with E-state index in [4.69, 9.17) is 14.2 Å². The molecule has 0 bridgehead atoms. The fraction of sp³-hybridized carbons (Fsp3) is 0.333. The molecule has 0 radical (unpaired) electrons. The van der Waals surface area contributed by atoms with Crippen molar-refractivity contribution in [2.75, 3.05) is 20.8 Å². The van der Waals surface area contributed by atoms with E-state index in [-0.39, 0.29) is 0 Å². The van der Waals surface area contributed by atoms with Crippen LogP contribution in [0.2, 0.25) is 0 Å². The molecule has 0 spiro atoms. The third kappa shape index (κ3) is 5.93. The molecule has 2 aromatic carbocycles. The van der Waals surface area contributed by atoms with Gasteiger partial charge in [-0.25, -0.2) is 0 Å². The van der Waals surface area contributed by atoms with Gasteiger partial charge in [0.2, 0.25) is 0 Å². The second-order valence-electron chi connectivity index (χ2n) is 6.04. The summed E-state index contributed by atoms with van der Waals surface area (Å²) in [5.74, 6) is 1.47. The molecule has 0 heterocycles. The van der Waals surface area contributed by atoms with Crippen molar-refractivity contribution >= 4 is 0 Å². The van der Waals surface area contributed by atoms with Crippen molar-refractivity contribution in [3.8, 4) is 11.5 Å². The highest BCUT2D eigenvalue weighted by Crippen LogP contribution is 2.28. The summed E-state index contributed by atoms with van der Waals surface area (Å²) in [7, 11) is 3.36. The Kier molecular flexibility index (Phi) is 7.51. The molecule has 2 rings (SSSR count). The van der Waals surface area contributed by atoms with Gasteiger partial charge in [0.15, 0.2) is 11.5 Å². The van der Waals surface area contributed by atoms with E-state index in [2.05, 4.69) is 24.0 Å². The topological polar surface area (TPSA) is 39.7 Å². The maximum absolute atomic E-state index is 5.78. The van der Waals surface area contributed by atoms with Gasteiger partial charge in [0, 0.05) is 20.2 Å². The summed E-state index contributed by atoms with van der Waals surface area (Å²) >= 11 is 0. The Bertz CT molecular complexity index is 697. The zero-order valence-corrected chi connectivity index (χ0v) is 15.3. The quantitative estimate of drug-likeness (QED) is 0.661. The molecule has 0 saturated heterocycles. The third-order valence-electron chi connectivity index (χ3n) is 3.76. The van der Waals surface area contributed by atoms with Gasteiger partial charge in [0.1, 0.15) is 6.61 Å². The molecule has 0 amide bonds. The van der Waals surface area contributed by atoms with Gasteiger partial charge < -0.3 is 19.5 Å². The van der Waals surface area contributed by atoms with Crippen molar-refractivity contribution in [3.05, 3.63) is 71.3 Å². The minimum Gasteiger partial charge on any atom is -0.493 e. The molecule has 4 nitrogen and oxygen atoms in total. The van der Waals surface area contributed by atoms with E-state index in [0.717, 1.165) is 35.7 Å². The number of ether oxygens (including phenoxy) is 3. The molecule has 4 heteroatoms. The lowest BCUT2D eigenvalue weighted by atomic mass is 10.1. The van der Waals surface area contributed by atoms with Crippen LogP contribution in [0.5, 0.6) is 11.5 Å². The summed E-state index contributed by atoms with van der Waals surface area (Å²) in [4.78, 5) is 0. The molecule has 0 aliphatic carbocycles. The molecule has 0 aliphatic heterocycles. The van der Waals surface area contributed by atoms with Gasteiger partial charge in [-0.2, -0.15) is 0 Å². The van der Waals surface area contributed by atoms with Crippen LogP contribution in [-0.2, 0) is 24.4 Å². The minimum absolute atomic E-state index is 0.484. The Labute approximate surface area is 150 Å². The maximum Gasteiger partial charge on any atom is 0.161 e. The van der Waals surface area contributed by atoms with Crippen LogP contribution in [0, 0.1) is 0 Å². The first kappa shape index (κ1) is 19.0. The van der Waals surface area contributed by atoms with E-state index in [9.17, 15) is 0 Å². The van der Waals surface area contributed by atoms with Gasteiger partial charge in [0.05, 0.1) is 13.7 Å². The van der Waals surface area contributed by atoms with Gasteiger partial charge in [-0.3, -0.25) is 0 Å². The average molecular weight is 341 g/mol. The summed E-state index contributed by atoms with van der Waals surface area (Å²) in [5.41, 5.74) is 4.57. The van der Waals surface area contributed by atoms with Crippen LogP contribution in [-0.4, -0.2) is 20.8 Å². The fourth-order valence-corrected chi connectivity index (χ4v) is 2.51. The van der Waals surface area contributed by atoms with Crippen molar-refractivity contribution in [3.63, 3.8) is 0 Å². The summed E-state index contributed by atoms with van der Waals surface area (Å²) in [6.45, 7) is 8.44. The molecule has 0 aromatic heterocycles. The Morgan fingerprint density at radius 2 is 1.76 bits per heavy atom. The summed E-state index contributed by atoms with van der Waals surface area (Å²) in [6, 6.07) is 14.3. The zero-order valence-electron chi connectivity index (χ0n) is 15.3. The standard InChI is InChI=1S/C21H27NO3/c1-16(2)14-25-21-11-17(9-10-20(21)24-4)12-22-13-18-7-5-6-8-19(18)15-23-3/h5-11,22H,1,12-15H2,2-4H3. The lowest BCUT2D eigenvalue weighted by Gasteiger charge is -2.13. The van der Waals surface area contributed by atoms with E-state index in [1.807, 2.05) is 37.3 Å². The molecule has 2 aromatic rings. The van der Waals surface area contributed by atoms with E-state index < -0.39 is 0 Å². The molecule has 0 fully saturated rings. The first-order valence-electron chi connectivity index (χ1n) is 8.34. The van der Waals surface area contributed by atoms with Gasteiger partial charge in [-0.1, -0.05) is 36.9 Å². The van der Waals surface area contributed by atoms with Crippen LogP contribution < -0.4 is 14.8 Å². The SMILES string of the molecule is C=C(C)COc1cc(CNCc2ccccc2COC)ccc1OC. The van der Waals surface area contributed by atoms with E-state index in [1.165, 1.54) is 11.1 Å². The van der Waals surface area contributed by atoms with Crippen LogP contribution in [0.25, 0.3) is 0 Å². The van der Waals surface area contributed by atoms with Crippen molar-refractivity contribution < 1.29 is 14.2 Å².